The number of hydrogen-bond donors (Lipinski definition) is 0. The number of carbonyl (C=O) groups is 1. The molecule has 5 rings (SSSR count). The van der Waals surface area contributed by atoms with E-state index in [2.05, 4.69) is 15.3 Å². The molecule has 2 aromatic heterocycles. The third-order valence-corrected chi connectivity index (χ3v) is 5.82. The van der Waals surface area contributed by atoms with E-state index in [-0.39, 0.29) is 12.4 Å². The number of fused-ring (bicyclic) bond motifs is 1. The fourth-order valence-corrected chi connectivity index (χ4v) is 4.16. The number of aryl methyl sites for hydroxylation is 1. The van der Waals surface area contributed by atoms with Gasteiger partial charge >= 0.3 is 5.97 Å². The summed E-state index contributed by atoms with van der Waals surface area (Å²) >= 11 is 6.28. The highest BCUT2D eigenvalue weighted by Crippen LogP contribution is 2.35. The van der Waals surface area contributed by atoms with E-state index < -0.39 is 5.97 Å². The summed E-state index contributed by atoms with van der Waals surface area (Å²) in [6, 6.07) is 21.2. The first-order valence-electron chi connectivity index (χ1n) is 10.9. The molecule has 174 valence electrons. The molecule has 0 spiro atoms. The summed E-state index contributed by atoms with van der Waals surface area (Å²) in [5.41, 5.74) is 4.64. The minimum absolute atomic E-state index is 0.0521. The molecule has 0 fully saturated rings. The second-order valence-electron chi connectivity index (χ2n) is 8.08. The van der Waals surface area contributed by atoms with Gasteiger partial charge in [-0.15, -0.1) is 5.10 Å². The van der Waals surface area contributed by atoms with Crippen LogP contribution < -0.4 is 0 Å². The maximum Gasteiger partial charge on any atom is 0.341 e. The van der Waals surface area contributed by atoms with Crippen LogP contribution in [0.2, 0.25) is 5.02 Å². The van der Waals surface area contributed by atoms with Crippen LogP contribution in [0.1, 0.15) is 27.3 Å². The fraction of sp³-hybridized carbons (Fsp3) is 0.111. The van der Waals surface area contributed by atoms with E-state index >= 15 is 0 Å². The molecule has 5 aromatic rings. The van der Waals surface area contributed by atoms with Crippen molar-refractivity contribution >= 4 is 28.5 Å². The number of benzene rings is 3. The van der Waals surface area contributed by atoms with Crippen LogP contribution >= 0.6 is 11.6 Å². The Kier molecular flexibility index (Phi) is 6.25. The minimum atomic E-state index is -0.510. The molecular weight excluding hydrogens is 467 g/mol. The quantitative estimate of drug-likeness (QED) is 0.275. The zero-order chi connectivity index (χ0) is 24.4. The van der Waals surface area contributed by atoms with Gasteiger partial charge in [0.2, 0.25) is 0 Å². The Morgan fingerprint density at radius 3 is 2.60 bits per heavy atom. The van der Waals surface area contributed by atoms with Crippen molar-refractivity contribution in [3.8, 4) is 11.1 Å². The van der Waals surface area contributed by atoms with Gasteiger partial charge in [0.15, 0.2) is 0 Å². The van der Waals surface area contributed by atoms with Crippen molar-refractivity contribution in [2.24, 2.45) is 0 Å². The van der Waals surface area contributed by atoms with Crippen LogP contribution in [-0.2, 0) is 17.9 Å². The van der Waals surface area contributed by atoms with Gasteiger partial charge in [0.05, 0.1) is 29.5 Å². The van der Waals surface area contributed by atoms with E-state index in [0.29, 0.717) is 28.5 Å². The molecule has 0 aliphatic rings. The first kappa shape index (κ1) is 22.7. The first-order valence-corrected chi connectivity index (χ1v) is 11.3. The zero-order valence-corrected chi connectivity index (χ0v) is 19.5. The third-order valence-electron chi connectivity index (χ3n) is 5.59. The predicted molar refractivity (Wildman–Crippen MR) is 132 cm³/mol. The Morgan fingerprint density at radius 1 is 1.06 bits per heavy atom. The van der Waals surface area contributed by atoms with Gasteiger partial charge in [-0.05, 0) is 48.4 Å². The largest absolute Gasteiger partial charge is 0.455 e. The van der Waals surface area contributed by atoms with E-state index in [0.717, 1.165) is 27.6 Å². The van der Waals surface area contributed by atoms with Crippen molar-refractivity contribution in [3.05, 3.63) is 112 Å². The van der Waals surface area contributed by atoms with E-state index in [9.17, 15) is 9.18 Å². The van der Waals surface area contributed by atoms with Crippen LogP contribution in [0.3, 0.4) is 0 Å². The summed E-state index contributed by atoms with van der Waals surface area (Å²) in [5, 5.41) is 9.48. The van der Waals surface area contributed by atoms with Crippen LogP contribution in [0.15, 0.2) is 79.0 Å². The van der Waals surface area contributed by atoms with Crippen molar-refractivity contribution in [2.75, 3.05) is 0 Å². The standard InChI is InChI=1S/C27H20ClFN4O2/c1-17-25(26(19-5-3-2-4-6-19)23-13-20(28)9-12-24(23)30-17)27(34)35-16-22-15-33(32-31-22)14-18-7-10-21(29)11-8-18/h2-13,15H,14,16H2,1H3. The Balaban J connectivity index is 1.42. The first-order chi connectivity index (χ1) is 17.0. The maximum absolute atomic E-state index is 13.3. The molecule has 0 atom stereocenters. The summed E-state index contributed by atoms with van der Waals surface area (Å²) in [5.74, 6) is -0.806. The molecule has 0 unspecified atom stereocenters. The lowest BCUT2D eigenvalue weighted by Gasteiger charge is -2.15. The Hall–Kier alpha value is -4.10. The highest BCUT2D eigenvalue weighted by atomic mass is 35.5. The van der Waals surface area contributed by atoms with E-state index in [1.54, 1.807) is 36.0 Å². The molecule has 6 nitrogen and oxygen atoms in total. The molecule has 0 saturated heterocycles. The van der Waals surface area contributed by atoms with Gasteiger partial charge in [0, 0.05) is 16.0 Å². The van der Waals surface area contributed by atoms with Gasteiger partial charge in [0.1, 0.15) is 18.1 Å². The van der Waals surface area contributed by atoms with Crippen molar-refractivity contribution in [2.45, 2.75) is 20.1 Å². The zero-order valence-electron chi connectivity index (χ0n) is 18.8. The lowest BCUT2D eigenvalue weighted by atomic mass is 9.94. The number of halogens is 2. The molecule has 0 saturated carbocycles. The number of ether oxygens (including phenoxy) is 1. The van der Waals surface area contributed by atoms with E-state index in [1.807, 2.05) is 42.5 Å². The average molecular weight is 487 g/mol. The number of hydrogen-bond acceptors (Lipinski definition) is 5. The van der Waals surface area contributed by atoms with Gasteiger partial charge in [0.25, 0.3) is 0 Å². The Bertz CT molecular complexity index is 1520. The molecule has 8 heteroatoms. The lowest BCUT2D eigenvalue weighted by molar-refractivity contribution is 0.0467. The smallest absolute Gasteiger partial charge is 0.341 e. The van der Waals surface area contributed by atoms with Gasteiger partial charge in [-0.3, -0.25) is 4.98 Å². The van der Waals surface area contributed by atoms with Crippen LogP contribution in [0.25, 0.3) is 22.0 Å². The van der Waals surface area contributed by atoms with Crippen LogP contribution in [0, 0.1) is 12.7 Å². The monoisotopic (exact) mass is 486 g/mol. The van der Waals surface area contributed by atoms with Crippen molar-refractivity contribution in [1.29, 1.82) is 0 Å². The van der Waals surface area contributed by atoms with Gasteiger partial charge in [-0.1, -0.05) is 59.3 Å². The molecular formula is C27H20ClFN4O2. The van der Waals surface area contributed by atoms with E-state index in [4.69, 9.17) is 16.3 Å². The summed E-state index contributed by atoms with van der Waals surface area (Å²) in [7, 11) is 0. The van der Waals surface area contributed by atoms with Crippen molar-refractivity contribution in [3.63, 3.8) is 0 Å². The molecule has 0 radical (unpaired) electrons. The minimum Gasteiger partial charge on any atom is -0.455 e. The number of esters is 1. The summed E-state index contributed by atoms with van der Waals surface area (Å²) in [6.07, 6.45) is 1.69. The summed E-state index contributed by atoms with van der Waals surface area (Å²) in [6.45, 7) is 2.16. The second kappa shape index (κ2) is 9.64. The Morgan fingerprint density at radius 2 is 1.83 bits per heavy atom. The predicted octanol–water partition coefficient (Wildman–Crippen LogP) is 6.00. The highest BCUT2D eigenvalue weighted by molar-refractivity contribution is 6.31. The summed E-state index contributed by atoms with van der Waals surface area (Å²) < 4.78 is 20.4. The fourth-order valence-electron chi connectivity index (χ4n) is 3.98. The van der Waals surface area contributed by atoms with Crippen LogP contribution in [-0.4, -0.2) is 25.9 Å². The average Bonchev–Trinajstić information content (AvgIpc) is 3.31. The molecule has 0 aliphatic carbocycles. The maximum atomic E-state index is 13.3. The molecule has 3 aromatic carbocycles. The van der Waals surface area contributed by atoms with Gasteiger partial charge in [-0.2, -0.15) is 0 Å². The molecule has 0 amide bonds. The summed E-state index contributed by atoms with van der Waals surface area (Å²) in [4.78, 5) is 17.9. The third kappa shape index (κ3) is 4.90. The number of carbonyl (C=O) groups excluding carboxylic acids is 1. The number of pyridine rings is 1. The molecule has 0 aliphatic heterocycles. The number of aromatic nitrogens is 4. The normalized spacial score (nSPS) is 11.1. The topological polar surface area (TPSA) is 69.9 Å². The van der Waals surface area contributed by atoms with Crippen LogP contribution in [0.4, 0.5) is 4.39 Å². The second-order valence-corrected chi connectivity index (χ2v) is 8.52. The van der Waals surface area contributed by atoms with Gasteiger partial charge < -0.3 is 4.74 Å². The lowest BCUT2D eigenvalue weighted by Crippen LogP contribution is -2.11. The highest BCUT2D eigenvalue weighted by Gasteiger charge is 2.22. The van der Waals surface area contributed by atoms with Crippen molar-refractivity contribution < 1.29 is 13.9 Å². The van der Waals surface area contributed by atoms with Crippen molar-refractivity contribution in [1.82, 2.24) is 20.0 Å². The molecule has 0 bridgehead atoms. The Labute approximate surface area is 206 Å². The molecule has 2 heterocycles. The SMILES string of the molecule is Cc1nc2ccc(Cl)cc2c(-c2ccccc2)c1C(=O)OCc1cn(Cc2ccc(F)cc2)nn1. The van der Waals surface area contributed by atoms with Crippen LogP contribution in [0.5, 0.6) is 0 Å². The number of rotatable bonds is 6. The molecule has 0 N–H and O–H groups in total. The number of nitrogens with zero attached hydrogens (tertiary/aromatic N) is 4. The molecule has 35 heavy (non-hydrogen) atoms. The van der Waals surface area contributed by atoms with Gasteiger partial charge in [-0.25, -0.2) is 13.9 Å². The van der Waals surface area contributed by atoms with E-state index in [1.165, 1.54) is 12.1 Å².